The lowest BCUT2D eigenvalue weighted by atomic mass is 10.2. The quantitative estimate of drug-likeness (QED) is 0.0948. The van der Waals surface area contributed by atoms with Crippen LogP contribution in [0.5, 0.6) is 0 Å². The van der Waals surface area contributed by atoms with Gasteiger partial charge in [-0.1, -0.05) is 78.6 Å². The van der Waals surface area contributed by atoms with Crippen LogP contribution in [0.25, 0.3) is 5.76 Å². The van der Waals surface area contributed by atoms with Crippen LogP contribution in [0, 0.1) is 0 Å². The van der Waals surface area contributed by atoms with Gasteiger partial charge in [-0.15, -0.1) is 11.8 Å². The molecule has 1 aromatic rings. The molecule has 0 saturated carbocycles. The number of hydrogen-bond donors (Lipinski definition) is 0. The molecule has 6 nitrogen and oxygen atoms in total. The van der Waals surface area contributed by atoms with Crippen LogP contribution in [0.4, 0.5) is 0 Å². The fourth-order valence-corrected chi connectivity index (χ4v) is 10.9. The number of halogens is 4. The first-order valence-electron chi connectivity index (χ1n) is 9.73. The molecule has 0 spiro atoms. The van der Waals surface area contributed by atoms with E-state index >= 15 is 0 Å². The van der Waals surface area contributed by atoms with Crippen LogP contribution >= 0.6 is 83.1 Å². The minimum atomic E-state index is -3.75. The molecule has 0 fully saturated rings. The number of hydrogen-bond acceptors (Lipinski definition) is 9. The zero-order valence-electron chi connectivity index (χ0n) is 19.9. The Morgan fingerprint density at radius 2 is 1.53 bits per heavy atom. The van der Waals surface area contributed by atoms with Gasteiger partial charge >= 0.3 is 7.82 Å². The molecule has 15 heteroatoms. The van der Waals surface area contributed by atoms with Crippen molar-refractivity contribution in [3.05, 3.63) is 38.3 Å². The fourth-order valence-electron chi connectivity index (χ4n) is 1.80. The Bertz CT molecular complexity index is 882. The first-order valence-corrected chi connectivity index (χ1v) is 18.0. The van der Waals surface area contributed by atoms with Crippen molar-refractivity contribution in [2.45, 2.75) is 39.4 Å². The molecule has 0 atom stereocenters. The van der Waals surface area contributed by atoms with Gasteiger partial charge in [0.15, 0.2) is 5.76 Å². The third-order valence-corrected chi connectivity index (χ3v) is 13.2. The maximum Gasteiger partial charge on any atom is 0.529 e. The van der Waals surface area contributed by atoms with E-state index in [9.17, 15) is 4.57 Å². The second kappa shape index (κ2) is 17.0. The maximum atomic E-state index is 11.9. The summed E-state index contributed by atoms with van der Waals surface area (Å²) in [6.07, 6.45) is 0. The molecule has 1 aromatic carbocycles. The highest BCUT2D eigenvalue weighted by atomic mass is 35.5. The lowest BCUT2D eigenvalue weighted by molar-refractivity contribution is 0.201. The minimum absolute atomic E-state index is 0.0164. The largest absolute Gasteiger partial charge is 0.529 e. The molecule has 1 rings (SSSR count). The SMILES string of the molecule is CCOP(=S)(OCC)SCSC(C)(C)C.COP(=O)(OC)O/C(=C\Cl)c1cc(Cl)c(Cl)cc1Cl. The van der Waals surface area contributed by atoms with Gasteiger partial charge in [-0.25, -0.2) is 4.57 Å². The highest BCUT2D eigenvalue weighted by molar-refractivity contribution is 8.69. The van der Waals surface area contributed by atoms with Gasteiger partial charge in [0.1, 0.15) is 0 Å². The van der Waals surface area contributed by atoms with Gasteiger partial charge in [-0.2, -0.15) is 0 Å². The zero-order valence-corrected chi connectivity index (χ0v) is 27.2. The van der Waals surface area contributed by atoms with Gasteiger partial charge in [0, 0.05) is 35.2 Å². The molecular formula is C19H30Cl4O6P2S3. The monoisotopic (exact) mass is 652 g/mol. The molecule has 0 amide bonds. The van der Waals surface area contributed by atoms with E-state index in [1.807, 2.05) is 25.6 Å². The van der Waals surface area contributed by atoms with Crippen molar-refractivity contribution in [1.82, 2.24) is 0 Å². The van der Waals surface area contributed by atoms with Crippen molar-refractivity contribution in [2.24, 2.45) is 0 Å². The van der Waals surface area contributed by atoms with Crippen molar-refractivity contribution in [3.8, 4) is 0 Å². The third-order valence-electron chi connectivity index (χ3n) is 3.31. The third kappa shape index (κ3) is 13.8. The molecule has 0 saturated heterocycles. The van der Waals surface area contributed by atoms with Crippen LogP contribution in [0.2, 0.25) is 15.1 Å². The van der Waals surface area contributed by atoms with Gasteiger partial charge < -0.3 is 13.6 Å². The number of phosphoric ester groups is 1. The smallest absolute Gasteiger partial charge is 0.402 e. The lowest BCUT2D eigenvalue weighted by Gasteiger charge is -2.22. The van der Waals surface area contributed by atoms with Crippen LogP contribution in [0.3, 0.4) is 0 Å². The molecule has 0 aromatic heterocycles. The summed E-state index contributed by atoms with van der Waals surface area (Å²) in [5.74, 6) is -0.0164. The molecule has 0 unspecified atom stereocenters. The van der Waals surface area contributed by atoms with E-state index in [1.54, 1.807) is 11.4 Å². The van der Waals surface area contributed by atoms with Crippen LogP contribution in [-0.2, 0) is 39.0 Å². The Labute approximate surface area is 236 Å². The summed E-state index contributed by atoms with van der Waals surface area (Å²) >= 11 is 32.2. The average Bonchev–Trinajstić information content (AvgIpc) is 2.74. The molecule has 0 bridgehead atoms. The number of benzene rings is 1. The van der Waals surface area contributed by atoms with Crippen molar-refractivity contribution in [1.29, 1.82) is 0 Å². The highest BCUT2D eigenvalue weighted by Gasteiger charge is 2.27. The molecule has 0 aliphatic heterocycles. The normalized spacial score (nSPS) is 12.9. The van der Waals surface area contributed by atoms with E-state index in [4.69, 9.17) is 71.8 Å². The molecule has 0 heterocycles. The Morgan fingerprint density at radius 1 is 1.03 bits per heavy atom. The van der Waals surface area contributed by atoms with Crippen LogP contribution in [-0.4, -0.2) is 37.3 Å². The lowest BCUT2D eigenvalue weighted by Crippen LogP contribution is -2.07. The molecule has 198 valence electrons. The van der Waals surface area contributed by atoms with Gasteiger partial charge in [0.05, 0.1) is 28.3 Å². The minimum Gasteiger partial charge on any atom is -0.402 e. The first kappa shape index (κ1) is 35.3. The Morgan fingerprint density at radius 3 is 1.94 bits per heavy atom. The zero-order chi connectivity index (χ0) is 26.6. The molecule has 0 N–H and O–H groups in total. The van der Waals surface area contributed by atoms with Crippen molar-refractivity contribution in [2.75, 3.05) is 32.5 Å². The van der Waals surface area contributed by atoms with E-state index in [-0.39, 0.29) is 25.6 Å². The summed E-state index contributed by atoms with van der Waals surface area (Å²) in [7, 11) is -1.41. The first-order chi connectivity index (χ1) is 15.7. The van der Waals surface area contributed by atoms with Gasteiger partial charge in [-0.05, 0) is 37.8 Å². The van der Waals surface area contributed by atoms with E-state index < -0.39 is 13.5 Å². The Hall–Kier alpha value is 1.34. The van der Waals surface area contributed by atoms with Crippen molar-refractivity contribution in [3.63, 3.8) is 0 Å². The second-order valence-corrected chi connectivity index (χ2v) is 18.6. The predicted octanol–water partition coefficient (Wildman–Crippen LogP) is 10.1. The predicted molar refractivity (Wildman–Crippen MR) is 155 cm³/mol. The summed E-state index contributed by atoms with van der Waals surface area (Å²) in [4.78, 5) is 0. The van der Waals surface area contributed by atoms with Crippen LogP contribution < -0.4 is 0 Å². The van der Waals surface area contributed by atoms with E-state index in [2.05, 4.69) is 29.8 Å². The summed E-state index contributed by atoms with van der Waals surface area (Å²) in [6, 6.07) is 2.84. The van der Waals surface area contributed by atoms with Crippen LogP contribution in [0.1, 0.15) is 40.2 Å². The topological polar surface area (TPSA) is 63.2 Å². The van der Waals surface area contributed by atoms with E-state index in [0.717, 1.165) is 10.6 Å². The molecule has 0 aliphatic rings. The Balaban J connectivity index is 0.000000661. The Kier molecular flexibility index (Phi) is 17.7. The standard InChI is InChI=1S/C10H9Cl4O4P.C9H21O2PS3/c1-16-19(15,17-2)18-10(5-11)6-3-8(13)9(14)4-7(6)12;1-6-10-12(13,11-7-2)15-8-14-9(3,4)5/h3-5H,1-2H3;6-8H2,1-5H3/b10-5-;. The van der Waals surface area contributed by atoms with Gasteiger partial charge in [-0.3, -0.25) is 9.05 Å². The number of rotatable bonds is 12. The second-order valence-electron chi connectivity index (χ2n) is 6.91. The van der Waals surface area contributed by atoms with E-state index in [1.165, 1.54) is 26.4 Å². The molecule has 34 heavy (non-hydrogen) atoms. The van der Waals surface area contributed by atoms with Crippen molar-refractivity contribution < 1.29 is 27.2 Å². The molecular weight excluding hydrogens is 624 g/mol. The van der Waals surface area contributed by atoms with Crippen LogP contribution in [0.15, 0.2) is 17.7 Å². The highest BCUT2D eigenvalue weighted by Crippen LogP contribution is 2.62. The summed E-state index contributed by atoms with van der Waals surface area (Å²) < 4.78 is 37.6. The average molecular weight is 654 g/mol. The summed E-state index contributed by atoms with van der Waals surface area (Å²) in [5.41, 5.74) is -0.732. The fraction of sp³-hybridized carbons (Fsp3) is 0.579. The maximum absolute atomic E-state index is 11.9. The van der Waals surface area contributed by atoms with Crippen molar-refractivity contribution >= 4 is 101 Å². The van der Waals surface area contributed by atoms with E-state index in [0.29, 0.717) is 18.8 Å². The molecule has 0 aliphatic carbocycles. The molecule has 0 radical (unpaired) electrons. The number of phosphoric acid groups is 1. The number of thioether (sulfide) groups is 1. The summed E-state index contributed by atoms with van der Waals surface area (Å²) in [6.45, 7) is 11.8. The summed E-state index contributed by atoms with van der Waals surface area (Å²) in [5, 5.41) is 1.66. The van der Waals surface area contributed by atoms with Gasteiger partial charge in [0.2, 0.25) is 5.69 Å². The van der Waals surface area contributed by atoms with Gasteiger partial charge in [0.25, 0.3) is 0 Å².